The molecular formula is C12H24N2O3. The molecule has 100 valence electrons. The van der Waals surface area contributed by atoms with Crippen LogP contribution in [0.2, 0.25) is 0 Å². The van der Waals surface area contributed by atoms with E-state index in [2.05, 4.69) is 11.8 Å². The number of ether oxygens (including phenoxy) is 1. The van der Waals surface area contributed by atoms with Crippen molar-refractivity contribution in [3.63, 3.8) is 0 Å². The fraction of sp³-hybridized carbons (Fsp3) is 0.917. The van der Waals surface area contributed by atoms with Crippen LogP contribution < -0.4 is 0 Å². The Morgan fingerprint density at radius 1 is 1.35 bits per heavy atom. The molecule has 1 rings (SSSR count). The van der Waals surface area contributed by atoms with Crippen LogP contribution in [0.25, 0.3) is 0 Å². The Balaban J connectivity index is 2.24. The quantitative estimate of drug-likeness (QED) is 0.731. The first-order valence-electron chi connectivity index (χ1n) is 6.45. The fourth-order valence-corrected chi connectivity index (χ4v) is 1.86. The van der Waals surface area contributed by atoms with E-state index in [1.807, 2.05) is 6.92 Å². The van der Waals surface area contributed by atoms with E-state index in [4.69, 9.17) is 9.84 Å². The number of carbonyl (C=O) groups excluding carboxylic acids is 1. The van der Waals surface area contributed by atoms with Crippen LogP contribution in [0.5, 0.6) is 0 Å². The van der Waals surface area contributed by atoms with Gasteiger partial charge in [-0.2, -0.15) is 0 Å². The first kappa shape index (κ1) is 14.3. The zero-order valence-electron chi connectivity index (χ0n) is 10.9. The summed E-state index contributed by atoms with van der Waals surface area (Å²) in [4.78, 5) is 15.6. The summed E-state index contributed by atoms with van der Waals surface area (Å²) in [5, 5.41) is 9.06. The van der Waals surface area contributed by atoms with Crippen molar-refractivity contribution in [2.24, 2.45) is 0 Å². The highest BCUT2D eigenvalue weighted by Crippen LogP contribution is 2.07. The summed E-state index contributed by atoms with van der Waals surface area (Å²) >= 11 is 0. The lowest BCUT2D eigenvalue weighted by Gasteiger charge is -2.36. The Morgan fingerprint density at radius 2 is 2.00 bits per heavy atom. The van der Waals surface area contributed by atoms with Crippen LogP contribution in [0.15, 0.2) is 0 Å². The van der Waals surface area contributed by atoms with Crippen LogP contribution in [0.3, 0.4) is 0 Å². The van der Waals surface area contributed by atoms with Gasteiger partial charge in [0.1, 0.15) is 0 Å². The molecule has 0 spiro atoms. The zero-order valence-corrected chi connectivity index (χ0v) is 10.9. The maximum absolute atomic E-state index is 11.7. The second kappa shape index (κ2) is 7.50. The smallest absolute Gasteiger partial charge is 0.409 e. The summed E-state index contributed by atoms with van der Waals surface area (Å²) in [6.45, 7) is 7.75. The topological polar surface area (TPSA) is 53.0 Å². The van der Waals surface area contributed by atoms with E-state index in [1.165, 1.54) is 0 Å². The molecule has 5 heteroatoms. The maximum Gasteiger partial charge on any atom is 0.409 e. The molecule has 1 atom stereocenters. The molecule has 1 fully saturated rings. The van der Waals surface area contributed by atoms with Crippen LogP contribution in [-0.4, -0.2) is 66.4 Å². The number of piperazine rings is 1. The van der Waals surface area contributed by atoms with E-state index < -0.39 is 0 Å². The van der Waals surface area contributed by atoms with Gasteiger partial charge in [-0.25, -0.2) is 4.79 Å². The van der Waals surface area contributed by atoms with Gasteiger partial charge in [-0.05, 0) is 13.3 Å². The standard InChI is InChI=1S/C12H24N2O3/c1-3-4-9-17-12(16)14-7-5-13(6-8-14)11(2)10-15/h11,15H,3-10H2,1-2H3. The van der Waals surface area contributed by atoms with Crippen molar-refractivity contribution >= 4 is 6.09 Å². The highest BCUT2D eigenvalue weighted by molar-refractivity contribution is 5.67. The Hall–Kier alpha value is -0.810. The second-order valence-electron chi connectivity index (χ2n) is 4.52. The molecule has 1 unspecified atom stereocenters. The molecule has 1 saturated heterocycles. The molecular weight excluding hydrogens is 220 g/mol. The van der Waals surface area contributed by atoms with Gasteiger partial charge in [0.05, 0.1) is 13.2 Å². The van der Waals surface area contributed by atoms with Gasteiger partial charge in [-0.15, -0.1) is 0 Å². The van der Waals surface area contributed by atoms with Gasteiger partial charge in [-0.3, -0.25) is 4.90 Å². The number of nitrogens with zero attached hydrogens (tertiary/aromatic N) is 2. The van der Waals surface area contributed by atoms with Crippen LogP contribution in [0.1, 0.15) is 26.7 Å². The third-order valence-electron chi connectivity index (χ3n) is 3.18. The molecule has 0 aromatic rings. The number of unbranched alkanes of at least 4 members (excludes halogenated alkanes) is 1. The third-order valence-corrected chi connectivity index (χ3v) is 3.18. The van der Waals surface area contributed by atoms with E-state index in [0.717, 1.165) is 25.9 Å². The lowest BCUT2D eigenvalue weighted by atomic mass is 10.2. The normalized spacial score (nSPS) is 19.1. The van der Waals surface area contributed by atoms with Gasteiger partial charge in [0.2, 0.25) is 0 Å². The minimum absolute atomic E-state index is 0.168. The molecule has 1 N–H and O–H groups in total. The SMILES string of the molecule is CCCCOC(=O)N1CCN(C(C)CO)CC1. The molecule has 1 heterocycles. The number of carbonyl (C=O) groups is 1. The highest BCUT2D eigenvalue weighted by atomic mass is 16.6. The minimum atomic E-state index is -0.199. The van der Waals surface area contributed by atoms with Crippen molar-refractivity contribution in [3.8, 4) is 0 Å². The van der Waals surface area contributed by atoms with Gasteiger partial charge in [0, 0.05) is 32.2 Å². The summed E-state index contributed by atoms with van der Waals surface area (Å²) in [6, 6.07) is 0.174. The second-order valence-corrected chi connectivity index (χ2v) is 4.52. The Labute approximate surface area is 103 Å². The van der Waals surface area contributed by atoms with Crippen LogP contribution in [-0.2, 0) is 4.74 Å². The predicted octanol–water partition coefficient (Wildman–Crippen LogP) is 0.921. The van der Waals surface area contributed by atoms with Crippen molar-refractivity contribution in [1.29, 1.82) is 0 Å². The first-order chi connectivity index (χ1) is 8.19. The van der Waals surface area contributed by atoms with Crippen LogP contribution >= 0.6 is 0 Å². The maximum atomic E-state index is 11.7. The number of rotatable bonds is 5. The number of aliphatic hydroxyl groups excluding tert-OH is 1. The van der Waals surface area contributed by atoms with Gasteiger partial charge >= 0.3 is 6.09 Å². The average molecular weight is 244 g/mol. The Kier molecular flexibility index (Phi) is 6.29. The fourth-order valence-electron chi connectivity index (χ4n) is 1.86. The predicted molar refractivity (Wildman–Crippen MR) is 65.9 cm³/mol. The molecule has 1 amide bonds. The highest BCUT2D eigenvalue weighted by Gasteiger charge is 2.24. The molecule has 0 aromatic carbocycles. The van der Waals surface area contributed by atoms with Gasteiger partial charge in [0.15, 0.2) is 0 Å². The van der Waals surface area contributed by atoms with Crippen molar-refractivity contribution in [1.82, 2.24) is 9.80 Å². The number of hydrogen-bond donors (Lipinski definition) is 1. The van der Waals surface area contributed by atoms with Gasteiger partial charge in [0.25, 0.3) is 0 Å². The van der Waals surface area contributed by atoms with Crippen molar-refractivity contribution < 1.29 is 14.6 Å². The summed E-state index contributed by atoms with van der Waals surface area (Å²) in [6.07, 6.45) is 1.76. The Morgan fingerprint density at radius 3 is 2.53 bits per heavy atom. The molecule has 0 aromatic heterocycles. The van der Waals surface area contributed by atoms with E-state index in [-0.39, 0.29) is 18.7 Å². The minimum Gasteiger partial charge on any atom is -0.449 e. The molecule has 17 heavy (non-hydrogen) atoms. The van der Waals surface area contributed by atoms with Gasteiger partial charge < -0.3 is 14.7 Å². The largest absolute Gasteiger partial charge is 0.449 e. The van der Waals surface area contributed by atoms with E-state index in [9.17, 15) is 4.79 Å². The molecule has 1 aliphatic heterocycles. The van der Waals surface area contributed by atoms with Crippen LogP contribution in [0.4, 0.5) is 4.79 Å². The monoisotopic (exact) mass is 244 g/mol. The lowest BCUT2D eigenvalue weighted by molar-refractivity contribution is 0.0536. The summed E-state index contributed by atoms with van der Waals surface area (Å²) in [5.74, 6) is 0. The summed E-state index contributed by atoms with van der Waals surface area (Å²) in [7, 11) is 0. The number of aliphatic hydroxyl groups is 1. The van der Waals surface area contributed by atoms with E-state index >= 15 is 0 Å². The van der Waals surface area contributed by atoms with Gasteiger partial charge in [-0.1, -0.05) is 13.3 Å². The molecule has 0 aliphatic carbocycles. The lowest BCUT2D eigenvalue weighted by Crippen LogP contribution is -2.52. The molecule has 5 nitrogen and oxygen atoms in total. The van der Waals surface area contributed by atoms with Crippen LogP contribution in [0, 0.1) is 0 Å². The molecule has 0 radical (unpaired) electrons. The number of amides is 1. The average Bonchev–Trinajstić information content (AvgIpc) is 2.38. The zero-order chi connectivity index (χ0) is 12.7. The van der Waals surface area contributed by atoms with Crippen molar-refractivity contribution in [2.45, 2.75) is 32.7 Å². The molecule has 0 bridgehead atoms. The molecule has 0 saturated carbocycles. The van der Waals surface area contributed by atoms with E-state index in [1.54, 1.807) is 4.90 Å². The van der Waals surface area contributed by atoms with Crippen molar-refractivity contribution in [2.75, 3.05) is 39.4 Å². The first-order valence-corrected chi connectivity index (χ1v) is 6.45. The van der Waals surface area contributed by atoms with Crippen molar-refractivity contribution in [3.05, 3.63) is 0 Å². The Bertz CT molecular complexity index is 228. The summed E-state index contributed by atoms with van der Waals surface area (Å²) in [5.41, 5.74) is 0. The third kappa shape index (κ3) is 4.52. The molecule has 1 aliphatic rings. The van der Waals surface area contributed by atoms with E-state index in [0.29, 0.717) is 19.7 Å². The number of hydrogen-bond acceptors (Lipinski definition) is 4. The summed E-state index contributed by atoms with van der Waals surface area (Å²) < 4.78 is 5.16.